The second-order valence-corrected chi connectivity index (χ2v) is 5.45. The number of rotatable bonds is 4. The van der Waals surface area contributed by atoms with Gasteiger partial charge in [-0.1, -0.05) is 0 Å². The summed E-state index contributed by atoms with van der Waals surface area (Å²) < 4.78 is 10.3. The first kappa shape index (κ1) is 16.7. The Morgan fingerprint density at radius 2 is 1.95 bits per heavy atom. The standard InChI is InChI=1S/C15H19NO5/c1-10-11(6-9-14(17)21-15(2,3)4)13(20-5)8-7-12(10)16(18)19/h6-9H,1-5H3/b9-6+. The van der Waals surface area contributed by atoms with E-state index in [1.807, 2.05) is 0 Å². The molecule has 1 aromatic carbocycles. The van der Waals surface area contributed by atoms with Crippen molar-refractivity contribution in [3.8, 4) is 5.75 Å². The molecule has 114 valence electrons. The molecule has 0 heterocycles. The van der Waals surface area contributed by atoms with Gasteiger partial charge in [0.25, 0.3) is 5.69 Å². The number of esters is 1. The van der Waals surface area contributed by atoms with Gasteiger partial charge in [0.2, 0.25) is 0 Å². The van der Waals surface area contributed by atoms with E-state index in [4.69, 9.17) is 9.47 Å². The second kappa shape index (κ2) is 6.39. The van der Waals surface area contributed by atoms with Crippen LogP contribution in [0.3, 0.4) is 0 Å². The fourth-order valence-electron chi connectivity index (χ4n) is 1.76. The maximum Gasteiger partial charge on any atom is 0.331 e. The minimum Gasteiger partial charge on any atom is -0.496 e. The molecule has 0 aromatic heterocycles. The molecule has 0 atom stereocenters. The Kier molecular flexibility index (Phi) is 5.07. The predicted molar refractivity (Wildman–Crippen MR) is 79.3 cm³/mol. The smallest absolute Gasteiger partial charge is 0.331 e. The van der Waals surface area contributed by atoms with Gasteiger partial charge in [0.1, 0.15) is 11.4 Å². The van der Waals surface area contributed by atoms with Crippen LogP contribution in [0.4, 0.5) is 5.69 Å². The Morgan fingerprint density at radius 3 is 2.43 bits per heavy atom. The fourth-order valence-corrected chi connectivity index (χ4v) is 1.76. The molecule has 0 bridgehead atoms. The van der Waals surface area contributed by atoms with Gasteiger partial charge in [0, 0.05) is 23.3 Å². The van der Waals surface area contributed by atoms with Crippen molar-refractivity contribution in [2.75, 3.05) is 7.11 Å². The zero-order chi connectivity index (χ0) is 16.2. The summed E-state index contributed by atoms with van der Waals surface area (Å²) >= 11 is 0. The van der Waals surface area contributed by atoms with Crippen LogP contribution in [0, 0.1) is 17.0 Å². The molecule has 21 heavy (non-hydrogen) atoms. The van der Waals surface area contributed by atoms with Gasteiger partial charge in [-0.25, -0.2) is 4.79 Å². The predicted octanol–water partition coefficient (Wildman–Crippen LogP) is 3.27. The Hall–Kier alpha value is -2.37. The van der Waals surface area contributed by atoms with E-state index in [1.54, 1.807) is 27.7 Å². The first-order chi connectivity index (χ1) is 9.65. The quantitative estimate of drug-likeness (QED) is 0.368. The van der Waals surface area contributed by atoms with Crippen LogP contribution in [0.1, 0.15) is 31.9 Å². The molecule has 1 rings (SSSR count). The summed E-state index contributed by atoms with van der Waals surface area (Å²) in [6, 6.07) is 2.87. The van der Waals surface area contributed by atoms with Crippen molar-refractivity contribution >= 4 is 17.7 Å². The van der Waals surface area contributed by atoms with Crippen molar-refractivity contribution in [2.24, 2.45) is 0 Å². The van der Waals surface area contributed by atoms with Gasteiger partial charge >= 0.3 is 5.97 Å². The van der Waals surface area contributed by atoms with Gasteiger partial charge in [0.05, 0.1) is 12.0 Å². The molecule has 1 aromatic rings. The lowest BCUT2D eigenvalue weighted by Gasteiger charge is -2.18. The Balaban J connectivity index is 3.14. The van der Waals surface area contributed by atoms with E-state index >= 15 is 0 Å². The average Bonchev–Trinajstić information content (AvgIpc) is 2.34. The third-order valence-corrected chi connectivity index (χ3v) is 2.66. The Morgan fingerprint density at radius 1 is 1.33 bits per heavy atom. The monoisotopic (exact) mass is 293 g/mol. The number of methoxy groups -OCH3 is 1. The molecule has 0 spiro atoms. The maximum absolute atomic E-state index is 11.7. The first-order valence-corrected chi connectivity index (χ1v) is 6.38. The highest BCUT2D eigenvalue weighted by atomic mass is 16.6. The highest BCUT2D eigenvalue weighted by Crippen LogP contribution is 2.30. The van der Waals surface area contributed by atoms with Crippen LogP contribution in [0.2, 0.25) is 0 Å². The molecule has 0 radical (unpaired) electrons. The lowest BCUT2D eigenvalue weighted by Crippen LogP contribution is -2.22. The van der Waals surface area contributed by atoms with Crippen LogP contribution in [0.5, 0.6) is 5.75 Å². The lowest BCUT2D eigenvalue weighted by atomic mass is 10.0. The molecule has 6 nitrogen and oxygen atoms in total. The van der Waals surface area contributed by atoms with Crippen LogP contribution >= 0.6 is 0 Å². The summed E-state index contributed by atoms with van der Waals surface area (Å²) in [6.45, 7) is 6.89. The first-order valence-electron chi connectivity index (χ1n) is 6.38. The second-order valence-electron chi connectivity index (χ2n) is 5.45. The number of hydrogen-bond donors (Lipinski definition) is 0. The third kappa shape index (κ3) is 4.59. The molecule has 6 heteroatoms. The number of hydrogen-bond acceptors (Lipinski definition) is 5. The SMILES string of the molecule is COc1ccc([N+](=O)[O-])c(C)c1/C=C/C(=O)OC(C)(C)C. The highest BCUT2D eigenvalue weighted by molar-refractivity contribution is 5.88. The van der Waals surface area contributed by atoms with Crippen LogP contribution in [0.15, 0.2) is 18.2 Å². The number of carbonyl (C=O) groups excluding carboxylic acids is 1. The summed E-state index contributed by atoms with van der Waals surface area (Å²) in [5, 5.41) is 10.9. The van der Waals surface area contributed by atoms with Crippen molar-refractivity contribution in [1.29, 1.82) is 0 Å². The molecule has 0 unspecified atom stereocenters. The third-order valence-electron chi connectivity index (χ3n) is 2.66. The van der Waals surface area contributed by atoms with Crippen LogP contribution in [-0.2, 0) is 9.53 Å². The molecule has 0 fully saturated rings. The Labute approximate surface area is 123 Å². The van der Waals surface area contributed by atoms with Gasteiger partial charge in [-0.3, -0.25) is 10.1 Å². The lowest BCUT2D eigenvalue weighted by molar-refractivity contribution is -0.385. The molecule has 0 amide bonds. The number of nitro groups is 1. The van der Waals surface area contributed by atoms with Gasteiger partial charge in [-0.05, 0) is 39.8 Å². The minimum absolute atomic E-state index is 0.0281. The fraction of sp³-hybridized carbons (Fsp3) is 0.400. The Bertz CT molecular complexity index is 584. The van der Waals surface area contributed by atoms with Gasteiger partial charge in [-0.15, -0.1) is 0 Å². The van der Waals surface area contributed by atoms with Crippen molar-refractivity contribution in [3.05, 3.63) is 39.4 Å². The number of benzene rings is 1. The van der Waals surface area contributed by atoms with Gasteiger partial charge < -0.3 is 9.47 Å². The van der Waals surface area contributed by atoms with Crippen molar-refractivity contribution in [2.45, 2.75) is 33.3 Å². The summed E-state index contributed by atoms with van der Waals surface area (Å²) in [5.74, 6) is -0.0617. The van der Waals surface area contributed by atoms with E-state index in [0.717, 1.165) is 0 Å². The van der Waals surface area contributed by atoms with Crippen LogP contribution in [-0.4, -0.2) is 23.6 Å². The zero-order valence-corrected chi connectivity index (χ0v) is 12.8. The van der Waals surface area contributed by atoms with Crippen LogP contribution < -0.4 is 4.74 Å². The summed E-state index contributed by atoms with van der Waals surface area (Å²) in [4.78, 5) is 22.2. The van der Waals surface area contributed by atoms with Crippen molar-refractivity contribution in [3.63, 3.8) is 0 Å². The summed E-state index contributed by atoms with van der Waals surface area (Å²) in [7, 11) is 1.46. The summed E-state index contributed by atoms with van der Waals surface area (Å²) in [5.41, 5.74) is 0.292. The van der Waals surface area contributed by atoms with E-state index in [9.17, 15) is 14.9 Å². The van der Waals surface area contributed by atoms with E-state index in [-0.39, 0.29) is 5.69 Å². The molecular weight excluding hydrogens is 274 g/mol. The molecular formula is C15H19NO5. The van der Waals surface area contributed by atoms with Gasteiger partial charge in [0.15, 0.2) is 0 Å². The number of nitro benzene ring substituents is 1. The maximum atomic E-state index is 11.7. The number of nitrogens with zero attached hydrogens (tertiary/aromatic N) is 1. The average molecular weight is 293 g/mol. The van der Waals surface area contributed by atoms with Crippen molar-refractivity contribution < 1.29 is 19.2 Å². The molecule has 0 aliphatic heterocycles. The molecule has 0 saturated carbocycles. The molecule has 0 N–H and O–H groups in total. The topological polar surface area (TPSA) is 78.7 Å². The van der Waals surface area contributed by atoms with E-state index in [2.05, 4.69) is 0 Å². The van der Waals surface area contributed by atoms with E-state index in [0.29, 0.717) is 16.9 Å². The summed E-state index contributed by atoms with van der Waals surface area (Å²) in [6.07, 6.45) is 2.70. The number of carbonyl (C=O) groups is 1. The van der Waals surface area contributed by atoms with E-state index in [1.165, 1.54) is 31.4 Å². The zero-order valence-electron chi connectivity index (χ0n) is 12.8. The van der Waals surface area contributed by atoms with E-state index < -0.39 is 16.5 Å². The van der Waals surface area contributed by atoms with Crippen LogP contribution in [0.25, 0.3) is 6.08 Å². The highest BCUT2D eigenvalue weighted by Gasteiger charge is 2.17. The number of ether oxygens (including phenoxy) is 2. The molecule has 0 aliphatic rings. The van der Waals surface area contributed by atoms with Gasteiger partial charge in [-0.2, -0.15) is 0 Å². The molecule has 0 aliphatic carbocycles. The molecule has 0 saturated heterocycles. The largest absolute Gasteiger partial charge is 0.496 e. The van der Waals surface area contributed by atoms with Crippen molar-refractivity contribution in [1.82, 2.24) is 0 Å². The normalized spacial score (nSPS) is 11.5. The minimum atomic E-state index is -0.594.